The monoisotopic (exact) mass is 765 g/mol. The van der Waals surface area contributed by atoms with E-state index in [1.165, 1.54) is 42.3 Å². The molecule has 1 fully saturated rings. The van der Waals surface area contributed by atoms with E-state index in [1.54, 1.807) is 6.20 Å². The van der Waals surface area contributed by atoms with Crippen molar-refractivity contribution in [2.45, 2.75) is 51.5 Å². The molecular formula is C39H32IrN4O-2. The van der Waals surface area contributed by atoms with Gasteiger partial charge in [0, 0.05) is 43.4 Å². The Balaban J connectivity index is 0.000000144. The average Bonchev–Trinajstić information content (AvgIpc) is 3.82. The Morgan fingerprint density at radius 2 is 1.76 bits per heavy atom. The topological polar surface area (TPSA) is 56.7 Å². The third-order valence-corrected chi connectivity index (χ3v) is 8.93. The Labute approximate surface area is 276 Å². The fraction of sp³-hybridized carbons (Fsp3) is 0.205. The minimum absolute atomic E-state index is 0. The van der Waals surface area contributed by atoms with Crippen LogP contribution in [0.1, 0.15) is 61.4 Å². The molecule has 225 valence electrons. The predicted octanol–water partition coefficient (Wildman–Crippen LogP) is 9.90. The second kappa shape index (κ2) is 12.2. The van der Waals surface area contributed by atoms with Gasteiger partial charge in [0.2, 0.25) is 5.71 Å². The van der Waals surface area contributed by atoms with Crippen molar-refractivity contribution in [2.75, 3.05) is 0 Å². The number of allylic oxidation sites excluding steroid dienone is 1. The maximum Gasteiger partial charge on any atom is 0.216 e. The van der Waals surface area contributed by atoms with Crippen LogP contribution >= 0.6 is 0 Å². The summed E-state index contributed by atoms with van der Waals surface area (Å²) >= 11 is 0. The molecule has 7 aromatic rings. The van der Waals surface area contributed by atoms with Gasteiger partial charge in [-0.2, -0.15) is 0 Å². The van der Waals surface area contributed by atoms with Gasteiger partial charge < -0.3 is 14.0 Å². The van der Waals surface area contributed by atoms with Gasteiger partial charge in [0.15, 0.2) is 0 Å². The van der Waals surface area contributed by atoms with Crippen molar-refractivity contribution in [1.82, 2.24) is 19.5 Å². The Bertz CT molecular complexity index is 2160. The van der Waals surface area contributed by atoms with E-state index in [4.69, 9.17) is 9.40 Å². The molecule has 1 radical (unpaired) electrons. The fourth-order valence-electron chi connectivity index (χ4n) is 6.77. The molecule has 0 saturated heterocycles. The van der Waals surface area contributed by atoms with Gasteiger partial charge in [-0.05, 0) is 79.8 Å². The zero-order chi connectivity index (χ0) is 29.6. The number of aromatic nitrogens is 4. The maximum absolute atomic E-state index is 5.94. The zero-order valence-electron chi connectivity index (χ0n) is 25.3. The van der Waals surface area contributed by atoms with Gasteiger partial charge in [0.05, 0.1) is 22.4 Å². The quantitative estimate of drug-likeness (QED) is 0.168. The molecule has 5 heterocycles. The fourth-order valence-corrected chi connectivity index (χ4v) is 6.77. The standard InChI is InChI=1S/C22H21N2.C17H11N2O.Ir/c1-15-11-12-18-13-19(16-7-5-6-8-16)14-20-21(18)24(15)22(23-20)17-9-3-2-4-10-17;1-11-8-9-13-12-5-4-6-14(15-7-2-3-10-18-15)16(12)20-17(13)19-11;/h2-4,9,11-16H,5-8H2,1H3;2-5,7-10H,1H3;/q2*-1;. The molecule has 9 rings (SSSR count). The number of benzene rings is 3. The summed E-state index contributed by atoms with van der Waals surface area (Å²) in [4.78, 5) is 13.9. The molecule has 5 nitrogen and oxygen atoms in total. The van der Waals surface area contributed by atoms with Gasteiger partial charge in [-0.3, -0.25) is 4.98 Å². The summed E-state index contributed by atoms with van der Waals surface area (Å²) in [5.41, 5.74) is 10.4. The van der Waals surface area contributed by atoms with E-state index in [9.17, 15) is 0 Å². The third kappa shape index (κ3) is 5.32. The van der Waals surface area contributed by atoms with Crippen LogP contribution in [0.15, 0.2) is 95.6 Å². The molecule has 6 heteroatoms. The summed E-state index contributed by atoms with van der Waals surface area (Å²) in [7, 11) is 0. The van der Waals surface area contributed by atoms with E-state index in [0.29, 0.717) is 11.8 Å². The van der Waals surface area contributed by atoms with Crippen molar-refractivity contribution in [3.05, 3.63) is 120 Å². The van der Waals surface area contributed by atoms with Crippen LogP contribution in [0.4, 0.5) is 0 Å². The van der Waals surface area contributed by atoms with E-state index in [1.807, 2.05) is 61.5 Å². The van der Waals surface area contributed by atoms with Crippen LogP contribution in [-0.2, 0) is 20.1 Å². The van der Waals surface area contributed by atoms with Gasteiger partial charge in [-0.1, -0.05) is 48.1 Å². The Kier molecular flexibility index (Phi) is 7.95. The molecule has 0 spiro atoms. The molecule has 4 aromatic heterocycles. The molecule has 0 N–H and O–H groups in total. The van der Waals surface area contributed by atoms with Crippen LogP contribution in [0.2, 0.25) is 0 Å². The van der Waals surface area contributed by atoms with E-state index in [0.717, 1.165) is 56.1 Å². The molecule has 2 aliphatic rings. The van der Waals surface area contributed by atoms with Crippen LogP contribution in [0, 0.1) is 19.1 Å². The predicted molar refractivity (Wildman–Crippen MR) is 177 cm³/mol. The first kappa shape index (κ1) is 29.3. The van der Waals surface area contributed by atoms with Gasteiger partial charge in [0.25, 0.3) is 0 Å². The van der Waals surface area contributed by atoms with E-state index >= 15 is 0 Å². The zero-order valence-corrected chi connectivity index (χ0v) is 27.6. The maximum atomic E-state index is 5.94. The van der Waals surface area contributed by atoms with Crippen LogP contribution < -0.4 is 0 Å². The van der Waals surface area contributed by atoms with Crippen LogP contribution in [0.3, 0.4) is 0 Å². The number of fused-ring (bicyclic) bond motifs is 3. The molecule has 3 aromatic carbocycles. The van der Waals surface area contributed by atoms with Crippen molar-refractivity contribution in [2.24, 2.45) is 0 Å². The summed E-state index contributed by atoms with van der Waals surface area (Å²) in [6.07, 6.45) is 11.7. The molecule has 1 unspecified atom stereocenters. The van der Waals surface area contributed by atoms with E-state index < -0.39 is 0 Å². The minimum atomic E-state index is 0. The SMILES string of the molecule is CC1C=Cc2cc(C3CCCC3)cc3nc(-c4[c-]cccc4)n1c23.Cc1ccc2c(n1)oc1c(-c3ccccn3)[c-]ccc12.[Ir]. The minimum Gasteiger partial charge on any atom is -0.486 e. The smallest absolute Gasteiger partial charge is 0.216 e. The number of hydrogen-bond acceptors (Lipinski definition) is 4. The average molecular weight is 765 g/mol. The normalized spacial score (nSPS) is 15.7. The largest absolute Gasteiger partial charge is 0.486 e. The van der Waals surface area contributed by atoms with Crippen molar-refractivity contribution in [3.8, 4) is 22.6 Å². The van der Waals surface area contributed by atoms with Crippen LogP contribution in [0.5, 0.6) is 0 Å². The molecule has 1 atom stereocenters. The van der Waals surface area contributed by atoms with Gasteiger partial charge in [-0.15, -0.1) is 54.1 Å². The Morgan fingerprint density at radius 1 is 0.889 bits per heavy atom. The third-order valence-electron chi connectivity index (χ3n) is 8.93. The number of hydrogen-bond donors (Lipinski definition) is 0. The van der Waals surface area contributed by atoms with Crippen LogP contribution in [-0.4, -0.2) is 19.5 Å². The molecule has 1 saturated carbocycles. The first-order valence-electron chi connectivity index (χ1n) is 15.5. The summed E-state index contributed by atoms with van der Waals surface area (Å²) < 4.78 is 8.31. The summed E-state index contributed by atoms with van der Waals surface area (Å²) in [5, 5.41) is 2.07. The van der Waals surface area contributed by atoms with Crippen molar-refractivity contribution >= 4 is 39.2 Å². The molecule has 0 amide bonds. The van der Waals surface area contributed by atoms with Gasteiger partial charge in [0.1, 0.15) is 0 Å². The van der Waals surface area contributed by atoms with Crippen LogP contribution in [0.25, 0.3) is 61.8 Å². The number of imidazole rings is 1. The second-order valence-electron chi connectivity index (χ2n) is 11.9. The molecule has 1 aliphatic heterocycles. The molecule has 0 bridgehead atoms. The summed E-state index contributed by atoms with van der Waals surface area (Å²) in [6.45, 7) is 4.19. The number of aryl methyl sites for hydroxylation is 1. The van der Waals surface area contributed by atoms with Crippen molar-refractivity contribution in [3.63, 3.8) is 0 Å². The van der Waals surface area contributed by atoms with Gasteiger partial charge in [-0.25, -0.2) is 4.98 Å². The Morgan fingerprint density at radius 3 is 2.56 bits per heavy atom. The number of pyridine rings is 2. The first-order valence-corrected chi connectivity index (χ1v) is 15.5. The van der Waals surface area contributed by atoms with Gasteiger partial charge >= 0.3 is 0 Å². The number of furan rings is 1. The molecule has 45 heavy (non-hydrogen) atoms. The first-order chi connectivity index (χ1) is 21.6. The molecular weight excluding hydrogens is 733 g/mol. The van der Waals surface area contributed by atoms with Crippen molar-refractivity contribution in [1.29, 1.82) is 0 Å². The second-order valence-corrected chi connectivity index (χ2v) is 11.9. The Hall–Kier alpha value is -4.38. The number of rotatable bonds is 3. The summed E-state index contributed by atoms with van der Waals surface area (Å²) in [6, 6.07) is 33.5. The summed E-state index contributed by atoms with van der Waals surface area (Å²) in [5.74, 6) is 1.75. The van der Waals surface area contributed by atoms with Crippen molar-refractivity contribution < 1.29 is 24.5 Å². The van der Waals surface area contributed by atoms with E-state index in [-0.39, 0.29) is 20.1 Å². The molecule has 1 aliphatic carbocycles. The van der Waals surface area contributed by atoms with E-state index in [2.05, 4.69) is 70.0 Å². The number of nitrogens with zero attached hydrogens (tertiary/aromatic N) is 4.